The van der Waals surface area contributed by atoms with E-state index in [0.29, 0.717) is 16.9 Å². The van der Waals surface area contributed by atoms with Crippen molar-refractivity contribution in [2.24, 2.45) is 0 Å². The molecule has 2 atom stereocenters. The summed E-state index contributed by atoms with van der Waals surface area (Å²) >= 11 is 0. The van der Waals surface area contributed by atoms with Gasteiger partial charge >= 0.3 is 0 Å². The Labute approximate surface area is 149 Å². The number of rotatable bonds is 1. The summed E-state index contributed by atoms with van der Waals surface area (Å²) in [6.07, 6.45) is 1.20. The maximum Gasteiger partial charge on any atom is 0.202 e. The van der Waals surface area contributed by atoms with Gasteiger partial charge in [0.1, 0.15) is 34.2 Å². The van der Waals surface area contributed by atoms with Crippen LogP contribution in [-0.2, 0) is 0 Å². The molecule has 0 amide bonds. The topological polar surface area (TPSA) is 96.2 Å². The van der Waals surface area contributed by atoms with Crippen molar-refractivity contribution in [2.75, 3.05) is 0 Å². The molecule has 0 radical (unpaired) electrons. The molecule has 2 aromatic carbocycles. The number of fused-ring (bicyclic) bond motifs is 3. The Morgan fingerprint density at radius 3 is 2.50 bits per heavy atom. The van der Waals surface area contributed by atoms with Crippen LogP contribution < -0.4 is 9.47 Å². The molecule has 6 heteroatoms. The third-order valence-corrected chi connectivity index (χ3v) is 4.55. The standard InChI is InChI=1S/C20H18O6/c1-20(2)8-7-12-14(26-20)9-13(22)15-16(23)17(24)18(25-19(12)15)10-3-5-11(21)6-4-10/h3-9,17-18,21-22,24H,1-2H3/t17-,18-/m0/s1. The van der Waals surface area contributed by atoms with Crippen LogP contribution in [0.25, 0.3) is 6.08 Å². The number of phenolic OH excluding ortho intramolecular Hbond substituents is 2. The lowest BCUT2D eigenvalue weighted by Crippen LogP contribution is -2.37. The molecule has 2 aliphatic heterocycles. The Hall–Kier alpha value is -2.99. The van der Waals surface area contributed by atoms with Crippen LogP contribution in [0.3, 0.4) is 0 Å². The van der Waals surface area contributed by atoms with Gasteiger partial charge in [-0.25, -0.2) is 0 Å². The lowest BCUT2D eigenvalue weighted by molar-refractivity contribution is 0.0207. The van der Waals surface area contributed by atoms with E-state index in [-0.39, 0.29) is 22.8 Å². The molecule has 0 aliphatic carbocycles. The number of hydrogen-bond acceptors (Lipinski definition) is 6. The second kappa shape index (κ2) is 5.51. The summed E-state index contributed by atoms with van der Waals surface area (Å²) in [5.74, 6) is -0.261. The average Bonchev–Trinajstić information content (AvgIpc) is 2.57. The van der Waals surface area contributed by atoms with Crippen LogP contribution in [-0.4, -0.2) is 32.8 Å². The zero-order valence-corrected chi connectivity index (χ0v) is 14.3. The Kier molecular flexibility index (Phi) is 3.49. The first-order valence-corrected chi connectivity index (χ1v) is 8.23. The van der Waals surface area contributed by atoms with E-state index in [1.807, 2.05) is 19.9 Å². The Morgan fingerprint density at radius 1 is 1.12 bits per heavy atom. The van der Waals surface area contributed by atoms with Crippen LogP contribution in [0.4, 0.5) is 0 Å². The Morgan fingerprint density at radius 2 is 1.81 bits per heavy atom. The molecule has 0 aromatic heterocycles. The van der Waals surface area contributed by atoms with Crippen molar-refractivity contribution >= 4 is 11.9 Å². The van der Waals surface area contributed by atoms with Gasteiger partial charge in [0.05, 0.1) is 5.56 Å². The first kappa shape index (κ1) is 16.5. The third-order valence-electron chi connectivity index (χ3n) is 4.55. The summed E-state index contributed by atoms with van der Waals surface area (Å²) in [7, 11) is 0. The molecule has 0 fully saturated rings. The molecule has 0 bridgehead atoms. The van der Waals surface area contributed by atoms with Crippen LogP contribution in [0.2, 0.25) is 0 Å². The SMILES string of the molecule is CC1(C)C=Cc2c(cc(O)c3c2O[C@@H](c2ccc(O)cc2)[C@@H](O)C3=O)O1. The van der Waals surface area contributed by atoms with Gasteiger partial charge in [-0.3, -0.25) is 4.79 Å². The van der Waals surface area contributed by atoms with Crippen molar-refractivity contribution in [2.45, 2.75) is 31.7 Å². The average molecular weight is 354 g/mol. The number of carbonyl (C=O) groups is 1. The van der Waals surface area contributed by atoms with Gasteiger partial charge < -0.3 is 24.8 Å². The number of ether oxygens (including phenoxy) is 2. The molecule has 0 saturated heterocycles. The first-order chi connectivity index (χ1) is 12.3. The quantitative estimate of drug-likeness (QED) is 0.729. The number of carbonyl (C=O) groups excluding carboxylic acids is 1. The molecule has 2 heterocycles. The van der Waals surface area contributed by atoms with Gasteiger partial charge in [-0.2, -0.15) is 0 Å². The van der Waals surface area contributed by atoms with E-state index in [1.165, 1.54) is 18.2 Å². The fourth-order valence-electron chi connectivity index (χ4n) is 3.23. The second-order valence-corrected chi connectivity index (χ2v) is 6.99. The summed E-state index contributed by atoms with van der Waals surface area (Å²) in [6, 6.07) is 7.43. The zero-order chi connectivity index (χ0) is 18.6. The third kappa shape index (κ3) is 2.50. The van der Waals surface area contributed by atoms with Crippen molar-refractivity contribution in [1.29, 1.82) is 0 Å². The van der Waals surface area contributed by atoms with Crippen LogP contribution in [0.5, 0.6) is 23.0 Å². The molecular formula is C20H18O6. The molecule has 6 nitrogen and oxygen atoms in total. The van der Waals surface area contributed by atoms with Crippen molar-refractivity contribution in [3.8, 4) is 23.0 Å². The highest BCUT2D eigenvalue weighted by Crippen LogP contribution is 2.48. The number of hydrogen-bond donors (Lipinski definition) is 3. The number of benzene rings is 2. The van der Waals surface area contributed by atoms with Gasteiger partial charge in [0.15, 0.2) is 12.2 Å². The zero-order valence-electron chi connectivity index (χ0n) is 14.3. The van der Waals surface area contributed by atoms with Crippen LogP contribution in [0.1, 0.15) is 41.4 Å². The Bertz CT molecular complexity index is 926. The fourth-order valence-corrected chi connectivity index (χ4v) is 3.23. The molecule has 26 heavy (non-hydrogen) atoms. The minimum atomic E-state index is -1.47. The number of Topliss-reactive ketones (excluding diaryl/α,β-unsaturated/α-hetero) is 1. The van der Waals surface area contributed by atoms with Crippen LogP contribution >= 0.6 is 0 Å². The molecule has 4 rings (SSSR count). The molecule has 0 saturated carbocycles. The predicted molar refractivity (Wildman–Crippen MR) is 93.7 cm³/mol. The molecule has 0 spiro atoms. The van der Waals surface area contributed by atoms with Gasteiger partial charge in [0.25, 0.3) is 0 Å². The van der Waals surface area contributed by atoms with E-state index < -0.39 is 23.6 Å². The molecule has 2 aromatic rings. The summed E-state index contributed by atoms with van der Waals surface area (Å²) in [5, 5.41) is 30.2. The van der Waals surface area contributed by atoms with Crippen molar-refractivity contribution < 1.29 is 29.6 Å². The van der Waals surface area contributed by atoms with E-state index in [1.54, 1.807) is 18.2 Å². The number of aliphatic hydroxyl groups is 1. The largest absolute Gasteiger partial charge is 0.508 e. The predicted octanol–water partition coefficient (Wildman–Crippen LogP) is 2.96. The monoisotopic (exact) mass is 354 g/mol. The van der Waals surface area contributed by atoms with Crippen LogP contribution in [0, 0.1) is 0 Å². The van der Waals surface area contributed by atoms with E-state index in [9.17, 15) is 20.1 Å². The normalized spacial score (nSPS) is 22.8. The summed E-state index contributed by atoms with van der Waals surface area (Å²) in [5.41, 5.74) is 0.468. The summed E-state index contributed by atoms with van der Waals surface area (Å²) in [4.78, 5) is 12.7. The lowest BCUT2D eigenvalue weighted by atomic mass is 9.90. The number of aliphatic hydroxyl groups excluding tert-OH is 1. The van der Waals surface area contributed by atoms with Gasteiger partial charge in [0.2, 0.25) is 5.78 Å². The van der Waals surface area contributed by atoms with E-state index in [2.05, 4.69) is 0 Å². The smallest absolute Gasteiger partial charge is 0.202 e. The van der Waals surface area contributed by atoms with Gasteiger partial charge in [-0.1, -0.05) is 12.1 Å². The highest BCUT2D eigenvalue weighted by atomic mass is 16.5. The summed E-state index contributed by atoms with van der Waals surface area (Å²) in [6.45, 7) is 3.75. The van der Waals surface area contributed by atoms with Gasteiger partial charge in [0, 0.05) is 6.07 Å². The Balaban J connectivity index is 1.85. The van der Waals surface area contributed by atoms with Gasteiger partial charge in [-0.05, 0) is 43.7 Å². The maximum atomic E-state index is 12.7. The lowest BCUT2D eigenvalue weighted by Gasteiger charge is -2.34. The van der Waals surface area contributed by atoms with E-state index >= 15 is 0 Å². The fraction of sp³-hybridized carbons (Fsp3) is 0.250. The highest BCUT2D eigenvalue weighted by Gasteiger charge is 2.41. The number of phenols is 2. The minimum absolute atomic E-state index is 0.0563. The van der Waals surface area contributed by atoms with Crippen molar-refractivity contribution in [1.82, 2.24) is 0 Å². The molecule has 134 valence electrons. The molecule has 3 N–H and O–H groups in total. The molecule has 2 aliphatic rings. The highest BCUT2D eigenvalue weighted by molar-refractivity contribution is 6.07. The van der Waals surface area contributed by atoms with Crippen molar-refractivity contribution in [3.05, 3.63) is 53.1 Å². The number of ketones is 1. The van der Waals surface area contributed by atoms with Gasteiger partial charge in [-0.15, -0.1) is 0 Å². The van der Waals surface area contributed by atoms with E-state index in [0.717, 1.165) is 0 Å². The first-order valence-electron chi connectivity index (χ1n) is 8.23. The second-order valence-electron chi connectivity index (χ2n) is 6.99. The maximum absolute atomic E-state index is 12.7. The van der Waals surface area contributed by atoms with Crippen molar-refractivity contribution in [3.63, 3.8) is 0 Å². The van der Waals surface area contributed by atoms with Crippen LogP contribution in [0.15, 0.2) is 36.4 Å². The molecule has 0 unspecified atom stereocenters. The van der Waals surface area contributed by atoms with E-state index in [4.69, 9.17) is 9.47 Å². The number of aromatic hydroxyl groups is 2. The summed E-state index contributed by atoms with van der Waals surface area (Å²) < 4.78 is 11.8. The minimum Gasteiger partial charge on any atom is -0.508 e. The molecular weight excluding hydrogens is 336 g/mol.